The Kier molecular flexibility index (Phi) is 5.12. The molecule has 1 rings (SSSR count). The van der Waals surface area contributed by atoms with Crippen LogP contribution in [0.4, 0.5) is 10.1 Å². The number of benzene rings is 1. The fourth-order valence-corrected chi connectivity index (χ4v) is 1.33. The molecule has 96 valence electrons. The standard InChI is InChI=1S/C13H16FN3O/c1-3-9(2)17-13(18)8-16-12-5-4-10(7-15)6-11(12)14/h4-6,9,16H,3,8H2,1-2H3,(H,17,18). The molecule has 1 aromatic rings. The van der Waals surface area contributed by atoms with Crippen molar-refractivity contribution in [3.63, 3.8) is 0 Å². The molecule has 0 fully saturated rings. The highest BCUT2D eigenvalue weighted by Gasteiger charge is 2.07. The Morgan fingerprint density at radius 2 is 2.28 bits per heavy atom. The summed E-state index contributed by atoms with van der Waals surface area (Å²) in [7, 11) is 0. The van der Waals surface area contributed by atoms with E-state index in [-0.39, 0.29) is 29.7 Å². The van der Waals surface area contributed by atoms with Crippen LogP contribution >= 0.6 is 0 Å². The van der Waals surface area contributed by atoms with Crippen LogP contribution in [-0.2, 0) is 4.79 Å². The lowest BCUT2D eigenvalue weighted by Gasteiger charge is -2.12. The maximum Gasteiger partial charge on any atom is 0.239 e. The van der Waals surface area contributed by atoms with E-state index in [2.05, 4.69) is 10.6 Å². The van der Waals surface area contributed by atoms with Crippen LogP contribution in [-0.4, -0.2) is 18.5 Å². The van der Waals surface area contributed by atoms with Crippen LogP contribution in [0.25, 0.3) is 0 Å². The van der Waals surface area contributed by atoms with E-state index in [0.29, 0.717) is 0 Å². The van der Waals surface area contributed by atoms with Gasteiger partial charge in [0, 0.05) is 6.04 Å². The zero-order chi connectivity index (χ0) is 13.5. The van der Waals surface area contributed by atoms with Crippen molar-refractivity contribution in [1.82, 2.24) is 5.32 Å². The smallest absolute Gasteiger partial charge is 0.239 e. The lowest BCUT2D eigenvalue weighted by molar-refractivity contribution is -0.120. The first-order valence-electron chi connectivity index (χ1n) is 5.79. The van der Waals surface area contributed by atoms with E-state index in [1.807, 2.05) is 19.9 Å². The van der Waals surface area contributed by atoms with Crippen LogP contribution in [0.1, 0.15) is 25.8 Å². The monoisotopic (exact) mass is 249 g/mol. The summed E-state index contributed by atoms with van der Waals surface area (Å²) >= 11 is 0. The third-order valence-electron chi connectivity index (χ3n) is 2.56. The second-order valence-electron chi connectivity index (χ2n) is 4.04. The summed E-state index contributed by atoms with van der Waals surface area (Å²) in [5.74, 6) is -0.724. The predicted molar refractivity (Wildman–Crippen MR) is 67.5 cm³/mol. The normalized spacial score (nSPS) is 11.4. The van der Waals surface area contributed by atoms with Crippen molar-refractivity contribution in [2.24, 2.45) is 0 Å². The van der Waals surface area contributed by atoms with E-state index >= 15 is 0 Å². The Balaban J connectivity index is 2.54. The van der Waals surface area contributed by atoms with Crippen molar-refractivity contribution < 1.29 is 9.18 Å². The Bertz CT molecular complexity index is 468. The maximum atomic E-state index is 13.5. The molecule has 0 bridgehead atoms. The van der Waals surface area contributed by atoms with Gasteiger partial charge in [-0.1, -0.05) is 6.92 Å². The molecule has 0 spiro atoms. The highest BCUT2D eigenvalue weighted by molar-refractivity contribution is 5.81. The number of nitrogens with one attached hydrogen (secondary N) is 2. The topological polar surface area (TPSA) is 64.9 Å². The molecule has 1 atom stereocenters. The van der Waals surface area contributed by atoms with Gasteiger partial charge in [0.2, 0.25) is 5.91 Å². The average molecular weight is 249 g/mol. The molecule has 0 aliphatic rings. The minimum Gasteiger partial charge on any atom is -0.374 e. The van der Waals surface area contributed by atoms with Gasteiger partial charge >= 0.3 is 0 Å². The zero-order valence-electron chi connectivity index (χ0n) is 10.5. The molecule has 0 saturated carbocycles. The molecule has 4 nitrogen and oxygen atoms in total. The number of halogens is 1. The summed E-state index contributed by atoms with van der Waals surface area (Å²) in [4.78, 5) is 11.5. The van der Waals surface area contributed by atoms with E-state index in [1.54, 1.807) is 0 Å². The molecule has 1 aromatic carbocycles. The lowest BCUT2D eigenvalue weighted by Crippen LogP contribution is -2.36. The van der Waals surface area contributed by atoms with Gasteiger partial charge in [-0.05, 0) is 31.5 Å². The predicted octanol–water partition coefficient (Wildman–Crippen LogP) is 2.02. The quantitative estimate of drug-likeness (QED) is 0.839. The number of nitrogens with zero attached hydrogens (tertiary/aromatic N) is 1. The molecule has 0 radical (unpaired) electrons. The molecule has 1 amide bonds. The van der Waals surface area contributed by atoms with Crippen LogP contribution in [0.2, 0.25) is 0 Å². The number of carbonyl (C=O) groups excluding carboxylic acids is 1. The van der Waals surface area contributed by atoms with Crippen LogP contribution in [0.3, 0.4) is 0 Å². The number of amides is 1. The van der Waals surface area contributed by atoms with Gasteiger partial charge in [0.25, 0.3) is 0 Å². The number of hydrogen-bond donors (Lipinski definition) is 2. The van der Waals surface area contributed by atoms with Crippen molar-refractivity contribution >= 4 is 11.6 Å². The van der Waals surface area contributed by atoms with Crippen LogP contribution in [0, 0.1) is 17.1 Å². The van der Waals surface area contributed by atoms with Gasteiger partial charge in [-0.2, -0.15) is 5.26 Å². The Morgan fingerprint density at radius 3 is 2.83 bits per heavy atom. The van der Waals surface area contributed by atoms with E-state index in [0.717, 1.165) is 12.5 Å². The summed E-state index contributed by atoms with van der Waals surface area (Å²) in [6.07, 6.45) is 0.844. The van der Waals surface area contributed by atoms with E-state index in [9.17, 15) is 9.18 Å². The fraction of sp³-hybridized carbons (Fsp3) is 0.385. The molecule has 0 aliphatic carbocycles. The van der Waals surface area contributed by atoms with Gasteiger partial charge < -0.3 is 10.6 Å². The van der Waals surface area contributed by atoms with E-state index < -0.39 is 5.82 Å². The van der Waals surface area contributed by atoms with Gasteiger partial charge in [0.05, 0.1) is 23.9 Å². The highest BCUT2D eigenvalue weighted by atomic mass is 19.1. The summed E-state index contributed by atoms with van der Waals surface area (Å²) in [5.41, 5.74) is 0.468. The molecule has 5 heteroatoms. The molecule has 0 aliphatic heterocycles. The third-order valence-corrected chi connectivity index (χ3v) is 2.56. The summed E-state index contributed by atoms with van der Waals surface area (Å²) in [5, 5.41) is 14.1. The summed E-state index contributed by atoms with van der Waals surface area (Å²) in [6, 6.07) is 6.03. The van der Waals surface area contributed by atoms with Gasteiger partial charge in [-0.3, -0.25) is 4.79 Å². The van der Waals surface area contributed by atoms with Crippen molar-refractivity contribution in [2.45, 2.75) is 26.3 Å². The second kappa shape index (κ2) is 6.60. The highest BCUT2D eigenvalue weighted by Crippen LogP contribution is 2.14. The van der Waals surface area contributed by atoms with Crippen molar-refractivity contribution in [2.75, 3.05) is 11.9 Å². The Labute approximate surface area is 106 Å². The first-order valence-corrected chi connectivity index (χ1v) is 5.79. The first-order chi connectivity index (χ1) is 8.56. The SMILES string of the molecule is CCC(C)NC(=O)CNc1ccc(C#N)cc1F. The van der Waals surface area contributed by atoms with Gasteiger partial charge in [0.15, 0.2) is 0 Å². The minimum atomic E-state index is -0.537. The van der Waals surface area contributed by atoms with Crippen molar-refractivity contribution in [3.8, 4) is 6.07 Å². The van der Waals surface area contributed by atoms with Crippen LogP contribution in [0.5, 0.6) is 0 Å². The minimum absolute atomic E-state index is 0.00710. The Morgan fingerprint density at radius 1 is 1.56 bits per heavy atom. The lowest BCUT2D eigenvalue weighted by atomic mass is 10.2. The number of nitriles is 1. The van der Waals surface area contributed by atoms with Gasteiger partial charge in [-0.15, -0.1) is 0 Å². The van der Waals surface area contributed by atoms with Gasteiger partial charge in [-0.25, -0.2) is 4.39 Å². The molecule has 1 unspecified atom stereocenters. The average Bonchev–Trinajstić information content (AvgIpc) is 2.36. The molecule has 0 heterocycles. The van der Waals surface area contributed by atoms with Gasteiger partial charge in [0.1, 0.15) is 5.82 Å². The summed E-state index contributed by atoms with van der Waals surface area (Å²) in [6.45, 7) is 3.88. The van der Waals surface area contributed by atoms with Crippen LogP contribution < -0.4 is 10.6 Å². The molecular formula is C13H16FN3O. The maximum absolute atomic E-state index is 13.5. The number of hydrogen-bond acceptors (Lipinski definition) is 3. The molecule has 2 N–H and O–H groups in total. The van der Waals surface area contributed by atoms with E-state index in [1.165, 1.54) is 12.1 Å². The molecule has 0 aromatic heterocycles. The largest absolute Gasteiger partial charge is 0.374 e. The third kappa shape index (κ3) is 4.06. The first kappa shape index (κ1) is 14.0. The molecule has 18 heavy (non-hydrogen) atoms. The van der Waals surface area contributed by atoms with E-state index in [4.69, 9.17) is 5.26 Å². The van der Waals surface area contributed by atoms with Crippen molar-refractivity contribution in [1.29, 1.82) is 5.26 Å². The van der Waals surface area contributed by atoms with Crippen LogP contribution in [0.15, 0.2) is 18.2 Å². The molecular weight excluding hydrogens is 233 g/mol. The van der Waals surface area contributed by atoms with Crippen molar-refractivity contribution in [3.05, 3.63) is 29.6 Å². The molecule has 0 saturated heterocycles. The number of rotatable bonds is 5. The fourth-order valence-electron chi connectivity index (χ4n) is 1.33. The zero-order valence-corrected chi connectivity index (χ0v) is 10.5. The number of anilines is 1. The Hall–Kier alpha value is -2.09. The summed E-state index contributed by atoms with van der Waals surface area (Å²) < 4.78 is 13.5. The number of carbonyl (C=O) groups is 1. The second-order valence-corrected chi connectivity index (χ2v) is 4.04.